The zero-order chi connectivity index (χ0) is 28.9. The van der Waals surface area contributed by atoms with Gasteiger partial charge in [0.15, 0.2) is 6.29 Å². The first-order chi connectivity index (χ1) is 19.2. The highest BCUT2D eigenvalue weighted by Crippen LogP contribution is 2.38. The van der Waals surface area contributed by atoms with Crippen LogP contribution in [0.5, 0.6) is 5.75 Å². The van der Waals surface area contributed by atoms with Gasteiger partial charge in [0.2, 0.25) is 5.91 Å². The molecule has 216 valence electrons. The lowest BCUT2D eigenvalue weighted by atomic mass is 9.88. The Morgan fingerprint density at radius 2 is 1.75 bits per heavy atom. The van der Waals surface area contributed by atoms with E-state index in [1.807, 2.05) is 0 Å². The number of ether oxygens (including phenoxy) is 7. The molecule has 2 N–H and O–H groups in total. The van der Waals surface area contributed by atoms with Gasteiger partial charge in [-0.2, -0.15) is 0 Å². The maximum absolute atomic E-state index is 13.0. The second-order valence-corrected chi connectivity index (χ2v) is 9.37. The molecule has 2 aromatic rings. The molecule has 12 nitrogen and oxygen atoms in total. The summed E-state index contributed by atoms with van der Waals surface area (Å²) < 4.78 is 39.2. The molecule has 2 aliphatic heterocycles. The van der Waals surface area contributed by atoms with E-state index in [-0.39, 0.29) is 18.6 Å². The molecule has 2 aromatic carbocycles. The minimum Gasteiger partial charge on any atom is -0.497 e. The standard InChI is InChI=1S/C28H33NO11/c1-16(30)29-22-20(38-25(32)17-8-6-5-7-9-17)14-28(36-4,27(33)35-3)40-24(22)23(31)21-15-37-26(39-21)18-10-12-19(34-2)13-11-18/h5-13,20-24,26,31H,14-15H2,1-4H3,(H,29,30)/t20-,21+,22+,23+,24+,26?,28+/m0/s1. The van der Waals surface area contributed by atoms with Crippen molar-refractivity contribution < 1.29 is 52.6 Å². The number of rotatable bonds is 9. The first kappa shape index (κ1) is 29.4. The lowest BCUT2D eigenvalue weighted by Crippen LogP contribution is -2.68. The molecule has 1 amide bonds. The second-order valence-electron chi connectivity index (χ2n) is 9.37. The Labute approximate surface area is 231 Å². The van der Waals surface area contributed by atoms with Gasteiger partial charge in [-0.1, -0.05) is 30.3 Å². The Bertz CT molecular complexity index is 1170. The molecule has 4 rings (SSSR count). The third-order valence-corrected chi connectivity index (χ3v) is 6.83. The van der Waals surface area contributed by atoms with Crippen LogP contribution in [-0.4, -0.2) is 87.1 Å². The van der Waals surface area contributed by atoms with Crippen molar-refractivity contribution in [3.8, 4) is 5.75 Å². The van der Waals surface area contributed by atoms with Crippen LogP contribution in [0.4, 0.5) is 0 Å². The van der Waals surface area contributed by atoms with Crippen molar-refractivity contribution in [2.75, 3.05) is 27.9 Å². The van der Waals surface area contributed by atoms with Gasteiger partial charge in [0, 0.05) is 19.6 Å². The first-order valence-corrected chi connectivity index (χ1v) is 12.6. The monoisotopic (exact) mass is 559 g/mol. The van der Waals surface area contributed by atoms with E-state index >= 15 is 0 Å². The summed E-state index contributed by atoms with van der Waals surface area (Å²) in [5.74, 6) is -3.48. The predicted octanol–water partition coefficient (Wildman–Crippen LogP) is 1.51. The number of carbonyl (C=O) groups is 3. The Morgan fingerprint density at radius 3 is 2.35 bits per heavy atom. The van der Waals surface area contributed by atoms with Gasteiger partial charge in [-0.15, -0.1) is 0 Å². The highest BCUT2D eigenvalue weighted by Gasteiger charge is 2.58. The Morgan fingerprint density at radius 1 is 1.05 bits per heavy atom. The molecule has 12 heteroatoms. The number of amides is 1. The average molecular weight is 560 g/mol. The van der Waals surface area contributed by atoms with Gasteiger partial charge in [-0.3, -0.25) is 4.79 Å². The third-order valence-electron chi connectivity index (χ3n) is 6.83. The van der Waals surface area contributed by atoms with Gasteiger partial charge in [0.1, 0.15) is 30.2 Å². The summed E-state index contributed by atoms with van der Waals surface area (Å²) in [7, 11) is 3.93. The van der Waals surface area contributed by atoms with E-state index in [1.54, 1.807) is 61.7 Å². The van der Waals surface area contributed by atoms with Gasteiger partial charge in [-0.25, -0.2) is 9.59 Å². The van der Waals surface area contributed by atoms with Crippen molar-refractivity contribution in [2.24, 2.45) is 0 Å². The Balaban J connectivity index is 1.63. The number of carbonyl (C=O) groups excluding carboxylic acids is 3. The molecular formula is C28H33NO11. The number of hydrogen-bond donors (Lipinski definition) is 2. The van der Waals surface area contributed by atoms with Crippen molar-refractivity contribution in [3.63, 3.8) is 0 Å². The smallest absolute Gasteiger partial charge is 0.366 e. The van der Waals surface area contributed by atoms with Gasteiger partial charge < -0.3 is 43.6 Å². The van der Waals surface area contributed by atoms with Gasteiger partial charge >= 0.3 is 11.9 Å². The molecule has 0 bridgehead atoms. The lowest BCUT2D eigenvalue weighted by Gasteiger charge is -2.47. The third kappa shape index (κ3) is 6.26. The molecule has 2 saturated heterocycles. The largest absolute Gasteiger partial charge is 0.497 e. The zero-order valence-corrected chi connectivity index (χ0v) is 22.6. The van der Waals surface area contributed by atoms with E-state index < -0.39 is 60.4 Å². The average Bonchev–Trinajstić information content (AvgIpc) is 3.48. The number of hydrogen-bond acceptors (Lipinski definition) is 11. The fourth-order valence-electron chi connectivity index (χ4n) is 4.78. The fraction of sp³-hybridized carbons (Fsp3) is 0.464. The van der Waals surface area contributed by atoms with E-state index in [9.17, 15) is 19.5 Å². The van der Waals surface area contributed by atoms with E-state index in [1.165, 1.54) is 14.0 Å². The minimum absolute atomic E-state index is 0.0306. The van der Waals surface area contributed by atoms with Crippen molar-refractivity contribution >= 4 is 17.8 Å². The summed E-state index contributed by atoms with van der Waals surface area (Å²) in [5.41, 5.74) is 0.942. The topological polar surface area (TPSA) is 148 Å². The molecular weight excluding hydrogens is 526 g/mol. The SMILES string of the molecule is COC(=O)[C@@]1(OC)C[C@H](OC(=O)c2ccccc2)[C@@H](NC(C)=O)[C@H]([C@H](O)[C@H]2COC(c3ccc(OC)cc3)O2)O1. The molecule has 7 atom stereocenters. The van der Waals surface area contributed by atoms with Crippen molar-refractivity contribution in [1.82, 2.24) is 5.32 Å². The summed E-state index contributed by atoms with van der Waals surface area (Å²) >= 11 is 0. The quantitative estimate of drug-likeness (QED) is 0.431. The molecule has 2 fully saturated rings. The fourth-order valence-corrected chi connectivity index (χ4v) is 4.78. The Hall–Kier alpha value is -3.55. The Kier molecular flexibility index (Phi) is 9.38. The van der Waals surface area contributed by atoms with Gasteiger partial charge in [-0.05, 0) is 24.3 Å². The van der Waals surface area contributed by atoms with Gasteiger partial charge in [0.05, 0.1) is 38.9 Å². The number of aliphatic hydroxyl groups is 1. The van der Waals surface area contributed by atoms with E-state index in [0.29, 0.717) is 11.3 Å². The molecule has 2 heterocycles. The van der Waals surface area contributed by atoms with Crippen LogP contribution in [0.1, 0.15) is 35.6 Å². The van der Waals surface area contributed by atoms with Gasteiger partial charge in [0.25, 0.3) is 5.79 Å². The molecule has 0 aromatic heterocycles. The summed E-state index contributed by atoms with van der Waals surface area (Å²) in [4.78, 5) is 38.1. The summed E-state index contributed by atoms with van der Waals surface area (Å²) in [6.07, 6.45) is -6.02. The van der Waals surface area contributed by atoms with Crippen LogP contribution in [0.25, 0.3) is 0 Å². The number of nitrogens with one attached hydrogen (secondary N) is 1. The molecule has 0 spiro atoms. The second kappa shape index (κ2) is 12.7. The number of methoxy groups -OCH3 is 3. The first-order valence-electron chi connectivity index (χ1n) is 12.6. The maximum Gasteiger partial charge on any atom is 0.366 e. The highest BCUT2D eigenvalue weighted by atomic mass is 16.7. The molecule has 0 saturated carbocycles. The van der Waals surface area contributed by atoms with Crippen molar-refractivity contribution in [2.45, 2.75) is 55.9 Å². The van der Waals surface area contributed by atoms with Crippen LogP contribution in [0, 0.1) is 0 Å². The van der Waals surface area contributed by atoms with Crippen molar-refractivity contribution in [3.05, 3.63) is 65.7 Å². The predicted molar refractivity (Wildman–Crippen MR) is 137 cm³/mol. The molecule has 1 unspecified atom stereocenters. The van der Waals surface area contributed by atoms with Crippen LogP contribution in [0.2, 0.25) is 0 Å². The maximum atomic E-state index is 13.0. The number of esters is 2. The van der Waals surface area contributed by atoms with E-state index in [4.69, 9.17) is 33.2 Å². The van der Waals surface area contributed by atoms with Crippen molar-refractivity contribution in [1.29, 1.82) is 0 Å². The number of benzene rings is 2. The highest BCUT2D eigenvalue weighted by molar-refractivity contribution is 5.89. The molecule has 40 heavy (non-hydrogen) atoms. The van der Waals surface area contributed by atoms with E-state index in [0.717, 1.165) is 7.11 Å². The normalized spacial score (nSPS) is 28.8. The van der Waals surface area contributed by atoms with Crippen LogP contribution in [0.3, 0.4) is 0 Å². The molecule has 0 aliphatic carbocycles. The lowest BCUT2D eigenvalue weighted by molar-refractivity contribution is -0.304. The van der Waals surface area contributed by atoms with Crippen LogP contribution < -0.4 is 10.1 Å². The van der Waals surface area contributed by atoms with Crippen LogP contribution >= 0.6 is 0 Å². The summed E-state index contributed by atoms with van der Waals surface area (Å²) in [5, 5.41) is 14.2. The van der Waals surface area contributed by atoms with E-state index in [2.05, 4.69) is 5.32 Å². The van der Waals surface area contributed by atoms with Crippen LogP contribution in [-0.2, 0) is 38.0 Å². The minimum atomic E-state index is -2.05. The number of aliphatic hydroxyl groups excluding tert-OH is 1. The molecule has 0 radical (unpaired) electrons. The summed E-state index contributed by atoms with van der Waals surface area (Å²) in [6, 6.07) is 14.2. The molecule has 2 aliphatic rings. The zero-order valence-electron chi connectivity index (χ0n) is 22.6. The van der Waals surface area contributed by atoms with Crippen LogP contribution in [0.15, 0.2) is 54.6 Å². The summed E-state index contributed by atoms with van der Waals surface area (Å²) in [6.45, 7) is 1.24.